The average Bonchev–Trinajstić information content (AvgIpc) is 3.58. The standard InChI is InChI=1S/C36H43Cl2IN8O4/c1-20(48)43-22-7-5-9-35(13-22,32(50)45-29-11-24(25(37)16-40-29)28-18-42-31-15-34(3,4)19-47(28)31)36(10-6-8-23(14-36)44-21(2)49)33(51)46-30-12-27(39)26(38)17-41-30/h11-12,16-18,22-23H,5-10,13-15,19H2,1-4H3,(H,43,48)(H,44,49)(H,40,45,50)(H,41,46,51)/t22-,23-,35-,36-/m1/s1. The molecule has 3 aromatic rings. The number of carbonyl (C=O) groups excluding carboxylic acids is 4. The van der Waals surface area contributed by atoms with E-state index >= 15 is 4.79 Å². The van der Waals surface area contributed by atoms with Crippen molar-refractivity contribution in [3.8, 4) is 11.3 Å². The highest BCUT2D eigenvalue weighted by molar-refractivity contribution is 14.1. The zero-order chi connectivity index (χ0) is 36.7. The van der Waals surface area contributed by atoms with Crippen LogP contribution < -0.4 is 21.3 Å². The van der Waals surface area contributed by atoms with Gasteiger partial charge in [0.1, 0.15) is 17.5 Å². The number of anilines is 2. The van der Waals surface area contributed by atoms with Crippen LogP contribution in [0.15, 0.2) is 30.7 Å². The van der Waals surface area contributed by atoms with Crippen molar-refractivity contribution in [3.05, 3.63) is 50.2 Å². The van der Waals surface area contributed by atoms with Crippen LogP contribution in [0.1, 0.15) is 84.9 Å². The Labute approximate surface area is 321 Å². The molecule has 15 heteroatoms. The van der Waals surface area contributed by atoms with E-state index in [0.29, 0.717) is 63.5 Å². The fourth-order valence-electron chi connectivity index (χ4n) is 8.60. The predicted molar refractivity (Wildman–Crippen MR) is 204 cm³/mol. The quantitative estimate of drug-likeness (QED) is 0.187. The number of aromatic nitrogens is 4. The summed E-state index contributed by atoms with van der Waals surface area (Å²) < 4.78 is 2.87. The Morgan fingerprint density at radius 3 is 1.86 bits per heavy atom. The number of carbonyl (C=O) groups is 4. The lowest BCUT2D eigenvalue weighted by atomic mass is 9.50. The molecule has 272 valence electrons. The van der Waals surface area contributed by atoms with Crippen molar-refractivity contribution in [2.75, 3.05) is 10.6 Å². The predicted octanol–water partition coefficient (Wildman–Crippen LogP) is 6.54. The van der Waals surface area contributed by atoms with Gasteiger partial charge in [0, 0.05) is 60.4 Å². The van der Waals surface area contributed by atoms with E-state index in [2.05, 4.69) is 77.2 Å². The van der Waals surface area contributed by atoms with Crippen LogP contribution in [-0.2, 0) is 32.1 Å². The summed E-state index contributed by atoms with van der Waals surface area (Å²) >= 11 is 15.0. The Kier molecular flexibility index (Phi) is 10.7. The Morgan fingerprint density at radius 2 is 1.33 bits per heavy atom. The summed E-state index contributed by atoms with van der Waals surface area (Å²) in [6.07, 6.45) is 9.34. The van der Waals surface area contributed by atoms with Crippen LogP contribution in [0.2, 0.25) is 10.0 Å². The summed E-state index contributed by atoms with van der Waals surface area (Å²) in [6, 6.07) is 2.74. The summed E-state index contributed by atoms with van der Waals surface area (Å²) in [5.41, 5.74) is -1.02. The van der Waals surface area contributed by atoms with Gasteiger partial charge < -0.3 is 25.8 Å². The summed E-state index contributed by atoms with van der Waals surface area (Å²) in [5.74, 6) is 0.389. The maximum absolute atomic E-state index is 15.1. The number of pyridine rings is 2. The van der Waals surface area contributed by atoms with Gasteiger partial charge in [0.05, 0.1) is 32.8 Å². The molecule has 0 aromatic carbocycles. The number of rotatable bonds is 8. The lowest BCUT2D eigenvalue weighted by molar-refractivity contribution is -0.156. The van der Waals surface area contributed by atoms with Crippen LogP contribution in [0.5, 0.6) is 0 Å². The number of amides is 4. The van der Waals surface area contributed by atoms with E-state index in [9.17, 15) is 14.4 Å². The molecular weight excluding hydrogens is 806 g/mol. The van der Waals surface area contributed by atoms with E-state index < -0.39 is 10.8 Å². The number of hydrogen-bond acceptors (Lipinski definition) is 7. The first-order chi connectivity index (χ1) is 24.1. The van der Waals surface area contributed by atoms with Gasteiger partial charge in [-0.3, -0.25) is 19.2 Å². The molecular formula is C36H43Cl2IN8O4. The minimum absolute atomic E-state index is 0.0521. The number of fused-ring (bicyclic) bond motifs is 1. The number of nitrogens with one attached hydrogen (secondary N) is 4. The molecule has 0 spiro atoms. The van der Waals surface area contributed by atoms with Gasteiger partial charge >= 0.3 is 0 Å². The third kappa shape index (κ3) is 7.61. The minimum Gasteiger partial charge on any atom is -0.354 e. The van der Waals surface area contributed by atoms with E-state index in [1.165, 1.54) is 26.2 Å². The van der Waals surface area contributed by atoms with Gasteiger partial charge in [-0.1, -0.05) is 49.9 Å². The van der Waals surface area contributed by atoms with Crippen LogP contribution in [0.4, 0.5) is 11.6 Å². The third-order valence-electron chi connectivity index (χ3n) is 10.7. The van der Waals surface area contributed by atoms with E-state index in [1.54, 1.807) is 18.3 Å². The zero-order valence-electron chi connectivity index (χ0n) is 29.2. The summed E-state index contributed by atoms with van der Waals surface area (Å²) in [5, 5.41) is 13.1. The van der Waals surface area contributed by atoms with E-state index in [4.69, 9.17) is 23.2 Å². The first-order valence-corrected chi connectivity index (χ1v) is 19.1. The van der Waals surface area contributed by atoms with Gasteiger partial charge in [0.25, 0.3) is 0 Å². The molecule has 12 nitrogen and oxygen atoms in total. The molecule has 2 aliphatic carbocycles. The highest BCUT2D eigenvalue weighted by atomic mass is 127. The molecule has 3 aliphatic rings. The Hall–Kier alpha value is -3.30. The van der Waals surface area contributed by atoms with Crippen molar-refractivity contribution in [3.63, 3.8) is 0 Å². The number of nitrogens with zero attached hydrogens (tertiary/aromatic N) is 4. The topological polar surface area (TPSA) is 160 Å². The second-order valence-corrected chi connectivity index (χ2v) is 17.1. The highest BCUT2D eigenvalue weighted by Gasteiger charge is 2.63. The van der Waals surface area contributed by atoms with Gasteiger partial charge in [-0.05, 0) is 78.7 Å². The van der Waals surface area contributed by atoms with Gasteiger partial charge in [-0.15, -0.1) is 0 Å². The normalized spacial score (nSPS) is 25.4. The Bertz CT molecular complexity index is 1880. The average molecular weight is 850 g/mol. The van der Waals surface area contributed by atoms with E-state index in [1.807, 2.05) is 0 Å². The summed E-state index contributed by atoms with van der Waals surface area (Å²) in [4.78, 5) is 68.3. The molecule has 51 heavy (non-hydrogen) atoms. The molecule has 0 radical (unpaired) electrons. The third-order valence-corrected chi connectivity index (χ3v) is 12.5. The summed E-state index contributed by atoms with van der Waals surface area (Å²) in [7, 11) is 0. The fourth-order valence-corrected chi connectivity index (χ4v) is 9.34. The SMILES string of the molecule is CC(=O)N[C@@H]1CCC[C@@](C(=O)Nc2cc(I)c(Cl)cn2)([C@]2(C(=O)Nc3cc(-c4cnc5n4CC(C)(C)C5)c(Cl)cn3)CCC[C@@H](NC(C)=O)C2)C1. The fraction of sp³-hybridized carbons (Fsp3) is 0.528. The molecule has 0 saturated heterocycles. The first-order valence-electron chi connectivity index (χ1n) is 17.3. The van der Waals surface area contributed by atoms with E-state index in [0.717, 1.165) is 24.5 Å². The molecule has 0 unspecified atom stereocenters. The van der Waals surface area contributed by atoms with Crippen LogP contribution in [0, 0.1) is 19.8 Å². The second kappa shape index (κ2) is 14.6. The van der Waals surface area contributed by atoms with Crippen LogP contribution in [-0.4, -0.2) is 55.2 Å². The maximum Gasteiger partial charge on any atom is 0.232 e. The zero-order valence-corrected chi connectivity index (χ0v) is 32.8. The lowest BCUT2D eigenvalue weighted by Gasteiger charge is -2.54. The molecule has 4 N–H and O–H groups in total. The summed E-state index contributed by atoms with van der Waals surface area (Å²) in [6.45, 7) is 8.07. The van der Waals surface area contributed by atoms with Crippen molar-refractivity contribution in [2.24, 2.45) is 16.2 Å². The monoisotopic (exact) mass is 848 g/mol. The molecule has 6 rings (SSSR count). The van der Waals surface area contributed by atoms with Gasteiger partial charge in [-0.25, -0.2) is 15.0 Å². The van der Waals surface area contributed by atoms with Crippen molar-refractivity contribution in [2.45, 2.75) is 104 Å². The number of imidazole rings is 1. The largest absolute Gasteiger partial charge is 0.354 e. The minimum atomic E-state index is -1.30. The van der Waals surface area contributed by atoms with Crippen molar-refractivity contribution in [1.29, 1.82) is 0 Å². The van der Waals surface area contributed by atoms with Crippen molar-refractivity contribution < 1.29 is 19.2 Å². The lowest BCUT2D eigenvalue weighted by Crippen LogP contribution is -2.63. The molecule has 1 aliphatic heterocycles. The second-order valence-electron chi connectivity index (χ2n) is 15.1. The molecule has 2 saturated carbocycles. The molecule has 2 fully saturated rings. The number of halogens is 3. The van der Waals surface area contributed by atoms with Gasteiger partial charge in [0.2, 0.25) is 23.6 Å². The smallest absolute Gasteiger partial charge is 0.232 e. The van der Waals surface area contributed by atoms with Gasteiger partial charge in [0.15, 0.2) is 0 Å². The highest BCUT2D eigenvalue weighted by Crippen LogP contribution is 2.58. The molecule has 0 bridgehead atoms. The Balaban J connectivity index is 1.43. The maximum atomic E-state index is 15.1. The van der Waals surface area contributed by atoms with Crippen molar-refractivity contribution >= 4 is 81.1 Å². The molecule has 4 heterocycles. The molecule has 3 aromatic heterocycles. The van der Waals surface area contributed by atoms with Crippen molar-refractivity contribution in [1.82, 2.24) is 30.2 Å². The van der Waals surface area contributed by atoms with Gasteiger partial charge in [-0.2, -0.15) is 0 Å². The van der Waals surface area contributed by atoms with Crippen LogP contribution in [0.25, 0.3) is 11.3 Å². The Morgan fingerprint density at radius 1 is 0.804 bits per heavy atom. The van der Waals surface area contributed by atoms with E-state index in [-0.39, 0.29) is 59.8 Å². The van der Waals surface area contributed by atoms with Crippen LogP contribution in [0.3, 0.4) is 0 Å². The molecule has 4 amide bonds. The molecule has 4 atom stereocenters. The first kappa shape index (κ1) is 37.5. The number of hydrogen-bond donors (Lipinski definition) is 4. The van der Waals surface area contributed by atoms with Crippen LogP contribution >= 0.6 is 45.8 Å².